The molecule has 0 saturated heterocycles. The molecular formula is C21H25N3O8S. The molecule has 12 heteroatoms. The number of aliphatic carboxylic acids is 1. The average molecular weight is 480 g/mol. The summed E-state index contributed by atoms with van der Waals surface area (Å²) in [6, 6.07) is 11.5. The Hall–Kier alpha value is -3.51. The number of hydrogen-bond donors (Lipinski definition) is 3. The second kappa shape index (κ2) is 11.9. The van der Waals surface area contributed by atoms with Crippen LogP contribution in [0.15, 0.2) is 59.5 Å². The van der Waals surface area contributed by atoms with Crippen LogP contribution in [-0.4, -0.2) is 42.6 Å². The number of ether oxygens (including phenoxy) is 1. The minimum absolute atomic E-state index is 0.0212. The molecule has 2 atom stereocenters. The summed E-state index contributed by atoms with van der Waals surface area (Å²) < 4.78 is 32.1. The van der Waals surface area contributed by atoms with Gasteiger partial charge in [-0.15, -0.1) is 0 Å². The van der Waals surface area contributed by atoms with Gasteiger partial charge in [-0.1, -0.05) is 30.3 Å². The monoisotopic (exact) mass is 479 g/mol. The summed E-state index contributed by atoms with van der Waals surface area (Å²) in [7, 11) is -4.19. The van der Waals surface area contributed by atoms with Crippen LogP contribution in [-0.2, 0) is 26.2 Å². The number of hydrogen-bond acceptors (Lipinski definition) is 7. The highest BCUT2D eigenvalue weighted by Gasteiger charge is 2.26. The van der Waals surface area contributed by atoms with Crippen molar-refractivity contribution in [3.8, 4) is 0 Å². The van der Waals surface area contributed by atoms with E-state index in [0.717, 1.165) is 29.8 Å². The number of nitrogens with zero attached hydrogens (tertiary/aromatic N) is 1. The molecule has 0 saturated carbocycles. The van der Waals surface area contributed by atoms with E-state index in [1.165, 1.54) is 0 Å². The minimum Gasteiger partial charge on any atom is -0.480 e. The molecule has 0 aliphatic heterocycles. The first-order valence-corrected chi connectivity index (χ1v) is 11.5. The zero-order chi connectivity index (χ0) is 24.4. The Morgan fingerprint density at radius 2 is 1.73 bits per heavy atom. The van der Waals surface area contributed by atoms with Crippen molar-refractivity contribution >= 4 is 27.8 Å². The quantitative estimate of drug-likeness (QED) is 0.309. The van der Waals surface area contributed by atoms with Crippen molar-refractivity contribution in [3.05, 3.63) is 70.3 Å². The van der Waals surface area contributed by atoms with Crippen molar-refractivity contribution in [2.24, 2.45) is 0 Å². The van der Waals surface area contributed by atoms with Crippen LogP contribution in [0.1, 0.15) is 31.7 Å². The van der Waals surface area contributed by atoms with Crippen molar-refractivity contribution in [1.82, 2.24) is 10.0 Å². The van der Waals surface area contributed by atoms with Crippen LogP contribution in [0.4, 0.5) is 10.5 Å². The molecule has 2 aromatic carbocycles. The van der Waals surface area contributed by atoms with E-state index in [-0.39, 0.29) is 29.7 Å². The molecule has 0 aliphatic carbocycles. The first-order valence-electron chi connectivity index (χ1n) is 10.1. The first kappa shape index (κ1) is 25.7. The minimum atomic E-state index is -4.19. The van der Waals surface area contributed by atoms with Gasteiger partial charge in [-0.05, 0) is 43.9 Å². The lowest BCUT2D eigenvalue weighted by molar-refractivity contribution is -0.384. The van der Waals surface area contributed by atoms with Gasteiger partial charge in [0.25, 0.3) is 5.69 Å². The number of sulfonamides is 1. The highest BCUT2D eigenvalue weighted by molar-refractivity contribution is 7.89. The maximum Gasteiger partial charge on any atom is 0.407 e. The van der Waals surface area contributed by atoms with Crippen molar-refractivity contribution < 1.29 is 32.8 Å². The van der Waals surface area contributed by atoms with Gasteiger partial charge in [-0.25, -0.2) is 13.2 Å². The third-order valence-electron chi connectivity index (χ3n) is 4.66. The molecule has 2 rings (SSSR count). The molecule has 1 unspecified atom stereocenters. The highest BCUT2D eigenvalue weighted by Crippen LogP contribution is 2.17. The molecule has 0 fully saturated rings. The van der Waals surface area contributed by atoms with Gasteiger partial charge < -0.3 is 15.2 Å². The van der Waals surface area contributed by atoms with E-state index in [1.54, 1.807) is 6.92 Å². The number of carboxylic acids is 1. The number of non-ortho nitro benzene ring substituents is 1. The molecule has 0 spiro atoms. The topological polar surface area (TPSA) is 165 Å². The summed E-state index contributed by atoms with van der Waals surface area (Å²) in [4.78, 5) is 33.1. The van der Waals surface area contributed by atoms with Crippen molar-refractivity contribution in [3.63, 3.8) is 0 Å². The van der Waals surface area contributed by atoms with Crippen LogP contribution in [0.25, 0.3) is 0 Å². The third-order valence-corrected chi connectivity index (χ3v) is 6.15. The van der Waals surface area contributed by atoms with Crippen molar-refractivity contribution in [2.75, 3.05) is 0 Å². The fourth-order valence-corrected chi connectivity index (χ4v) is 4.13. The van der Waals surface area contributed by atoms with E-state index < -0.39 is 33.1 Å². The van der Waals surface area contributed by atoms with Crippen molar-refractivity contribution in [1.29, 1.82) is 0 Å². The highest BCUT2D eigenvalue weighted by atomic mass is 32.2. The zero-order valence-electron chi connectivity index (χ0n) is 17.8. The second-order valence-corrected chi connectivity index (χ2v) is 9.02. The summed E-state index contributed by atoms with van der Waals surface area (Å²) in [6.45, 7) is 1.84. The van der Waals surface area contributed by atoms with E-state index in [1.807, 2.05) is 30.3 Å². The number of nitro benzene ring substituents is 1. The molecule has 1 amide bonds. The number of nitro groups is 1. The molecule has 0 heterocycles. The van der Waals surface area contributed by atoms with Crippen LogP contribution in [0.5, 0.6) is 0 Å². The molecule has 3 N–H and O–H groups in total. The molecule has 0 radical (unpaired) electrons. The Morgan fingerprint density at radius 1 is 1.09 bits per heavy atom. The summed E-state index contributed by atoms with van der Waals surface area (Å²) in [6.07, 6.45) is 0.0655. The molecule has 33 heavy (non-hydrogen) atoms. The lowest BCUT2D eigenvalue weighted by atomic mass is 10.1. The van der Waals surface area contributed by atoms with Gasteiger partial charge in [0.2, 0.25) is 10.0 Å². The number of rotatable bonds is 12. The maximum absolute atomic E-state index is 12.4. The van der Waals surface area contributed by atoms with Crippen LogP contribution < -0.4 is 10.0 Å². The van der Waals surface area contributed by atoms with Gasteiger partial charge in [0, 0.05) is 18.2 Å². The first-order chi connectivity index (χ1) is 15.6. The Bertz CT molecular complexity index is 1060. The normalized spacial score (nSPS) is 13.0. The molecule has 0 aliphatic rings. The molecule has 0 bridgehead atoms. The molecule has 0 aromatic heterocycles. The lowest BCUT2D eigenvalue weighted by Crippen LogP contribution is -2.41. The van der Waals surface area contributed by atoms with Gasteiger partial charge in [-0.2, -0.15) is 4.72 Å². The molecule has 11 nitrogen and oxygen atoms in total. The predicted octanol–water partition coefficient (Wildman–Crippen LogP) is 2.81. The average Bonchev–Trinajstić information content (AvgIpc) is 2.77. The van der Waals surface area contributed by atoms with Gasteiger partial charge in [0.15, 0.2) is 0 Å². The summed E-state index contributed by atoms with van der Waals surface area (Å²) in [5, 5.41) is 22.7. The van der Waals surface area contributed by atoms with E-state index in [0.29, 0.717) is 12.8 Å². The van der Waals surface area contributed by atoms with Crippen LogP contribution in [0, 0.1) is 10.1 Å². The van der Waals surface area contributed by atoms with E-state index >= 15 is 0 Å². The van der Waals surface area contributed by atoms with Gasteiger partial charge in [0.05, 0.1) is 9.82 Å². The Balaban J connectivity index is 1.82. The predicted molar refractivity (Wildman–Crippen MR) is 118 cm³/mol. The lowest BCUT2D eigenvalue weighted by Gasteiger charge is -2.17. The van der Waals surface area contributed by atoms with E-state index in [4.69, 9.17) is 4.74 Å². The number of carbonyl (C=O) groups excluding carboxylic acids is 1. The van der Waals surface area contributed by atoms with Crippen LogP contribution in [0.3, 0.4) is 0 Å². The Morgan fingerprint density at radius 3 is 2.30 bits per heavy atom. The molecule has 2 aromatic rings. The second-order valence-electron chi connectivity index (χ2n) is 7.30. The van der Waals surface area contributed by atoms with E-state index in [2.05, 4.69) is 10.0 Å². The smallest absolute Gasteiger partial charge is 0.407 e. The fourth-order valence-electron chi connectivity index (χ4n) is 2.90. The largest absolute Gasteiger partial charge is 0.480 e. The van der Waals surface area contributed by atoms with Crippen molar-refractivity contribution in [2.45, 2.75) is 49.8 Å². The van der Waals surface area contributed by atoms with Gasteiger partial charge in [0.1, 0.15) is 12.6 Å². The number of nitrogens with one attached hydrogen (secondary N) is 2. The fraction of sp³-hybridized carbons (Fsp3) is 0.333. The van der Waals surface area contributed by atoms with E-state index in [9.17, 15) is 33.2 Å². The third kappa shape index (κ3) is 8.50. The Labute approximate surface area is 191 Å². The zero-order valence-corrected chi connectivity index (χ0v) is 18.7. The van der Waals surface area contributed by atoms with Crippen LogP contribution in [0.2, 0.25) is 0 Å². The summed E-state index contributed by atoms with van der Waals surface area (Å²) in [5.41, 5.74) is 0.553. The number of alkyl carbamates (subject to hydrolysis) is 1. The number of benzene rings is 2. The maximum atomic E-state index is 12.4. The molecule has 178 valence electrons. The molecular weight excluding hydrogens is 454 g/mol. The van der Waals surface area contributed by atoms with Gasteiger partial charge in [-0.3, -0.25) is 14.9 Å². The number of carboxylic acid groups (broad SMARTS) is 1. The Kier molecular flexibility index (Phi) is 9.30. The van der Waals surface area contributed by atoms with Gasteiger partial charge >= 0.3 is 12.1 Å². The number of carbonyl (C=O) groups is 2. The van der Waals surface area contributed by atoms with Crippen LogP contribution >= 0.6 is 0 Å². The summed E-state index contributed by atoms with van der Waals surface area (Å²) in [5.74, 6) is -1.36. The SMILES string of the molecule is CC(CCC[C@H](NS(=O)(=O)c1ccc([N+](=O)[O-])cc1)C(=O)O)NC(=O)OCc1ccccc1. The standard InChI is InChI=1S/C21H25N3O8S/c1-15(22-21(27)32-14-16-7-3-2-4-8-16)6-5-9-19(20(25)26)23-33(30,31)18-12-10-17(11-13-18)24(28)29/h2-4,7-8,10-13,15,19,23H,5-6,9,14H2,1H3,(H,22,27)(H,25,26)/t15?,19-/m0/s1. The summed E-state index contributed by atoms with van der Waals surface area (Å²) >= 11 is 0. The number of amides is 1.